The summed E-state index contributed by atoms with van der Waals surface area (Å²) >= 11 is 7.69. The Morgan fingerprint density at radius 2 is 1.98 bits per heavy atom. The maximum absolute atomic E-state index is 15.0. The van der Waals surface area contributed by atoms with Gasteiger partial charge in [0.05, 0.1) is 21.9 Å². The summed E-state index contributed by atoms with van der Waals surface area (Å²) in [7, 11) is -2.29. The number of halogens is 5. The van der Waals surface area contributed by atoms with Crippen molar-refractivity contribution in [1.29, 1.82) is 0 Å². The van der Waals surface area contributed by atoms with Crippen LogP contribution in [0.15, 0.2) is 46.1 Å². The Hall–Kier alpha value is -3.21. The Morgan fingerprint density at radius 1 is 1.26 bits per heavy atom. The highest BCUT2D eigenvalue weighted by Crippen LogP contribution is 2.34. The summed E-state index contributed by atoms with van der Waals surface area (Å²) in [6, 6.07) is 8.62. The van der Waals surface area contributed by atoms with Gasteiger partial charge in [-0.2, -0.15) is 13.2 Å². The van der Waals surface area contributed by atoms with Gasteiger partial charge in [-0.15, -0.1) is 11.3 Å². The van der Waals surface area contributed by atoms with Gasteiger partial charge in [0.25, 0.3) is 10.0 Å². The van der Waals surface area contributed by atoms with Crippen LogP contribution in [0.1, 0.15) is 18.5 Å². The van der Waals surface area contributed by atoms with E-state index in [2.05, 4.69) is 31.6 Å². The Morgan fingerprint density at radius 3 is 2.57 bits per heavy atom. The van der Waals surface area contributed by atoms with Crippen LogP contribution in [0.5, 0.6) is 0 Å². The number of pyridine rings is 1. The number of benzene rings is 1. The number of aromatic nitrogens is 2. The quantitative estimate of drug-likeness (QED) is 0.335. The SMILES string of the molecule is CN(c1cc(F)c(S(=O)(=O)Nc2cscn2)cc1Cl)[C@H]1CCN(Cc2cccc(N3CCC3)n2)C1.O=C(O)C(F)(F)F. The zero-order valence-corrected chi connectivity index (χ0v) is 24.6. The molecule has 2 aliphatic heterocycles. The summed E-state index contributed by atoms with van der Waals surface area (Å²) in [5.74, 6) is -2.45. The third-order valence-electron chi connectivity index (χ3n) is 6.74. The average Bonchev–Trinajstić information content (AvgIpc) is 3.56. The van der Waals surface area contributed by atoms with Crippen LogP contribution in [0.2, 0.25) is 5.02 Å². The molecule has 3 aromatic rings. The summed E-state index contributed by atoms with van der Waals surface area (Å²) < 4.78 is 74.3. The molecule has 2 N–H and O–H groups in total. The molecule has 17 heteroatoms. The van der Waals surface area contributed by atoms with Gasteiger partial charge >= 0.3 is 12.1 Å². The van der Waals surface area contributed by atoms with Gasteiger partial charge in [-0.3, -0.25) is 9.62 Å². The van der Waals surface area contributed by atoms with Gasteiger partial charge in [0.1, 0.15) is 16.5 Å². The minimum Gasteiger partial charge on any atom is -0.475 e. The van der Waals surface area contributed by atoms with E-state index in [1.54, 1.807) is 0 Å². The predicted octanol–water partition coefficient (Wildman–Crippen LogP) is 4.69. The topological polar surface area (TPSA) is 119 Å². The van der Waals surface area contributed by atoms with E-state index in [1.165, 1.54) is 34.7 Å². The predicted molar refractivity (Wildman–Crippen MR) is 151 cm³/mol. The van der Waals surface area contributed by atoms with E-state index in [-0.39, 0.29) is 16.9 Å². The Kier molecular flexibility index (Phi) is 9.80. The number of nitrogens with zero attached hydrogens (tertiary/aromatic N) is 5. The van der Waals surface area contributed by atoms with E-state index in [0.29, 0.717) is 5.69 Å². The zero-order valence-electron chi connectivity index (χ0n) is 22.2. The van der Waals surface area contributed by atoms with Crippen LogP contribution >= 0.6 is 22.9 Å². The largest absolute Gasteiger partial charge is 0.490 e. The number of anilines is 3. The fourth-order valence-corrected chi connectivity index (χ4v) is 6.43. The number of alkyl halides is 3. The number of carbonyl (C=O) groups is 1. The number of likely N-dealkylation sites (tertiary alicyclic amines) is 1. The molecule has 2 saturated heterocycles. The molecule has 1 atom stereocenters. The molecule has 2 aliphatic rings. The lowest BCUT2D eigenvalue weighted by atomic mass is 10.2. The standard InChI is InChI=1S/C23H26ClFN6O2S2.C2HF3O2/c1-29(17-6-9-30(13-17)12-16-4-2-5-23(27-16)31-7-3-8-31)20-11-19(25)21(10-18(20)24)35(32,33)28-22-14-34-15-26-22;3-2(4,5)1(6)7/h2,4-5,10-11,14-15,17,28H,3,6-9,12-13H2,1H3;(H,6,7)/t17-;/m0./s1. The molecule has 0 spiro atoms. The molecule has 5 rings (SSSR count). The third-order valence-corrected chi connectivity index (χ3v) is 9.00. The van der Waals surface area contributed by atoms with Crippen LogP contribution in [0.25, 0.3) is 0 Å². The van der Waals surface area contributed by atoms with Crippen LogP contribution in [0.3, 0.4) is 0 Å². The van der Waals surface area contributed by atoms with Crippen molar-refractivity contribution in [2.24, 2.45) is 0 Å². The van der Waals surface area contributed by atoms with Crippen LogP contribution < -0.4 is 14.5 Å². The van der Waals surface area contributed by atoms with Gasteiger partial charge in [-0.1, -0.05) is 17.7 Å². The Labute approximate surface area is 248 Å². The molecule has 1 aromatic carbocycles. The lowest BCUT2D eigenvalue weighted by Crippen LogP contribution is -2.38. The Balaban J connectivity index is 0.000000517. The van der Waals surface area contributed by atoms with E-state index in [4.69, 9.17) is 26.5 Å². The number of hydrogen-bond acceptors (Lipinski definition) is 9. The minimum atomic E-state index is -5.08. The van der Waals surface area contributed by atoms with Crippen molar-refractivity contribution in [1.82, 2.24) is 14.9 Å². The summed E-state index contributed by atoms with van der Waals surface area (Å²) in [4.78, 5) is 23.6. The Bertz CT molecular complexity index is 1510. The molecular formula is C25H27ClF4N6O4S2. The van der Waals surface area contributed by atoms with Crippen molar-refractivity contribution in [3.05, 3.63) is 57.8 Å². The van der Waals surface area contributed by atoms with Crippen molar-refractivity contribution >= 4 is 56.3 Å². The van der Waals surface area contributed by atoms with Crippen molar-refractivity contribution < 1.29 is 35.9 Å². The number of carboxylic acids is 1. The maximum Gasteiger partial charge on any atom is 0.490 e. The van der Waals surface area contributed by atoms with E-state index >= 15 is 0 Å². The first-order valence-corrected chi connectivity index (χ1v) is 15.4. The molecule has 0 aliphatic carbocycles. The second-order valence-electron chi connectivity index (χ2n) is 9.63. The first-order valence-electron chi connectivity index (χ1n) is 12.6. The van der Waals surface area contributed by atoms with Gasteiger partial charge in [-0.05, 0) is 31.0 Å². The third kappa shape index (κ3) is 7.79. The number of carboxylic acid groups (broad SMARTS) is 1. The lowest BCUT2D eigenvalue weighted by molar-refractivity contribution is -0.192. The monoisotopic (exact) mass is 650 g/mol. The molecule has 0 bridgehead atoms. The summed E-state index contributed by atoms with van der Waals surface area (Å²) in [5.41, 5.74) is 2.98. The van der Waals surface area contributed by atoms with Crippen molar-refractivity contribution in [2.75, 3.05) is 47.7 Å². The highest BCUT2D eigenvalue weighted by atomic mass is 35.5. The summed E-state index contributed by atoms with van der Waals surface area (Å²) in [6.45, 7) is 4.52. The zero-order chi connectivity index (χ0) is 30.7. The molecule has 0 unspecified atom stereocenters. The molecule has 0 radical (unpaired) electrons. The van der Waals surface area contributed by atoms with Crippen LogP contribution in [-0.4, -0.2) is 79.8 Å². The number of likely N-dealkylation sites (N-methyl/N-ethyl adjacent to an activating group) is 1. The van der Waals surface area contributed by atoms with E-state index in [9.17, 15) is 26.0 Å². The van der Waals surface area contributed by atoms with E-state index in [0.717, 1.165) is 56.7 Å². The van der Waals surface area contributed by atoms with E-state index < -0.39 is 32.9 Å². The average molecular weight is 651 g/mol. The van der Waals surface area contributed by atoms with Gasteiger partial charge in [0.2, 0.25) is 0 Å². The number of nitrogens with one attached hydrogen (secondary N) is 1. The molecule has 42 heavy (non-hydrogen) atoms. The van der Waals surface area contributed by atoms with Gasteiger partial charge in [0.15, 0.2) is 5.82 Å². The van der Waals surface area contributed by atoms with Crippen LogP contribution in [-0.2, 0) is 21.4 Å². The number of aliphatic carboxylic acids is 1. The fraction of sp³-hybridized carbons (Fsp3) is 0.400. The second kappa shape index (κ2) is 13.0. The first kappa shape index (κ1) is 31.7. The number of sulfonamides is 1. The summed E-state index contributed by atoms with van der Waals surface area (Å²) in [5, 5.41) is 8.83. The lowest BCUT2D eigenvalue weighted by Gasteiger charge is -2.32. The van der Waals surface area contributed by atoms with Crippen molar-refractivity contribution in [2.45, 2.75) is 36.5 Å². The molecular weight excluding hydrogens is 624 g/mol. The van der Waals surface area contributed by atoms with Crippen LogP contribution in [0, 0.1) is 5.82 Å². The van der Waals surface area contributed by atoms with Gasteiger partial charge in [0, 0.05) is 57.3 Å². The van der Waals surface area contributed by atoms with Gasteiger partial charge in [-0.25, -0.2) is 27.6 Å². The first-order chi connectivity index (χ1) is 19.7. The molecule has 0 saturated carbocycles. The maximum atomic E-state index is 15.0. The molecule has 2 aromatic heterocycles. The number of rotatable bonds is 8. The molecule has 4 heterocycles. The second-order valence-corrected chi connectivity index (χ2v) is 12.4. The minimum absolute atomic E-state index is 0.112. The van der Waals surface area contributed by atoms with Crippen molar-refractivity contribution in [3.63, 3.8) is 0 Å². The van der Waals surface area contributed by atoms with E-state index in [1.807, 2.05) is 18.0 Å². The fourth-order valence-electron chi connectivity index (χ4n) is 4.42. The number of hydrogen-bond donors (Lipinski definition) is 2. The normalized spacial score (nSPS) is 17.3. The van der Waals surface area contributed by atoms with Gasteiger partial charge < -0.3 is 14.9 Å². The molecule has 10 nitrogen and oxygen atoms in total. The molecule has 0 amide bonds. The molecule has 228 valence electrons. The smallest absolute Gasteiger partial charge is 0.475 e. The highest BCUT2D eigenvalue weighted by molar-refractivity contribution is 7.92. The van der Waals surface area contributed by atoms with Crippen molar-refractivity contribution in [3.8, 4) is 0 Å². The van der Waals surface area contributed by atoms with Crippen LogP contribution in [0.4, 0.5) is 34.9 Å². The highest BCUT2D eigenvalue weighted by Gasteiger charge is 2.38. The summed E-state index contributed by atoms with van der Waals surface area (Å²) in [6.07, 6.45) is -2.99. The number of thiazole rings is 1. The molecule has 2 fully saturated rings.